The van der Waals surface area contributed by atoms with E-state index in [1.54, 1.807) is 20.8 Å². The summed E-state index contributed by atoms with van der Waals surface area (Å²) in [5.41, 5.74) is 2.55. The minimum Gasteiger partial charge on any atom is -0.444 e. The molecular weight excluding hydrogens is 392 g/mol. The second-order valence-corrected chi connectivity index (χ2v) is 7.52. The minimum absolute atomic E-state index is 0.341. The van der Waals surface area contributed by atoms with Crippen molar-refractivity contribution < 1.29 is 23.1 Å². The normalized spacial score (nSPS) is 11.7. The molecule has 0 saturated carbocycles. The van der Waals surface area contributed by atoms with Gasteiger partial charge in [0.15, 0.2) is 0 Å². The summed E-state index contributed by atoms with van der Waals surface area (Å²) in [5, 5.41) is 6.76. The zero-order chi connectivity index (χ0) is 22.1. The number of benzene rings is 2. The molecular formula is C22H25F2N3O3. The molecule has 0 radical (unpaired) electrons. The molecule has 2 rings (SSSR count). The topological polar surface area (TPSA) is 79.8 Å². The zero-order valence-corrected chi connectivity index (χ0v) is 17.2. The highest BCUT2D eigenvalue weighted by Gasteiger charge is 2.16. The van der Waals surface area contributed by atoms with Crippen molar-refractivity contribution in [3.05, 3.63) is 71.3 Å². The van der Waals surface area contributed by atoms with Crippen LogP contribution in [0.5, 0.6) is 0 Å². The van der Waals surface area contributed by atoms with Crippen LogP contribution in [-0.4, -0.2) is 29.9 Å². The van der Waals surface area contributed by atoms with Gasteiger partial charge in [0.25, 0.3) is 5.91 Å². The number of nitrogens with zero attached hydrogens (tertiary/aromatic N) is 1. The Kier molecular flexibility index (Phi) is 8.03. The smallest absolute Gasteiger partial charge is 0.407 e. The quantitative estimate of drug-likeness (QED) is 0.398. The van der Waals surface area contributed by atoms with Crippen LogP contribution >= 0.6 is 0 Å². The lowest BCUT2D eigenvalue weighted by atomic mass is 10.1. The number of ether oxygens (including phenoxy) is 1. The number of hydrogen-bond acceptors (Lipinski definition) is 4. The van der Waals surface area contributed by atoms with E-state index in [1.807, 2.05) is 30.3 Å². The van der Waals surface area contributed by atoms with Crippen LogP contribution in [0.4, 0.5) is 13.6 Å². The van der Waals surface area contributed by atoms with Crippen LogP contribution < -0.4 is 10.7 Å². The van der Waals surface area contributed by atoms with Crippen LogP contribution in [0, 0.1) is 11.6 Å². The molecule has 0 unspecified atom stereocenters. The van der Waals surface area contributed by atoms with E-state index < -0.39 is 34.8 Å². The standard InChI is InChI=1S/C22H25F2N3O3/c1-22(2,3)30-21(29)25-13-7-10-19(15-8-5-4-6-9-15)26-27-20(28)17-14-16(23)11-12-18(17)24/h4-6,8-9,11-12,14H,7,10,13H2,1-3H3,(H,25,29)(H,27,28). The van der Waals surface area contributed by atoms with E-state index in [0.29, 0.717) is 25.1 Å². The number of hydrazone groups is 1. The number of carbonyl (C=O) groups is 2. The lowest BCUT2D eigenvalue weighted by molar-refractivity contribution is 0.0527. The summed E-state index contributed by atoms with van der Waals surface area (Å²) in [7, 11) is 0. The molecule has 0 aromatic heterocycles. The Morgan fingerprint density at radius 3 is 2.43 bits per heavy atom. The molecule has 0 heterocycles. The molecule has 8 heteroatoms. The van der Waals surface area contributed by atoms with Crippen molar-refractivity contribution in [2.24, 2.45) is 5.10 Å². The first-order chi connectivity index (χ1) is 14.2. The van der Waals surface area contributed by atoms with E-state index in [9.17, 15) is 18.4 Å². The van der Waals surface area contributed by atoms with Gasteiger partial charge in [-0.1, -0.05) is 30.3 Å². The van der Waals surface area contributed by atoms with Gasteiger partial charge in [-0.15, -0.1) is 0 Å². The summed E-state index contributed by atoms with van der Waals surface area (Å²) in [5.74, 6) is -2.42. The lowest BCUT2D eigenvalue weighted by Gasteiger charge is -2.19. The number of rotatable bonds is 7. The second-order valence-electron chi connectivity index (χ2n) is 7.52. The van der Waals surface area contributed by atoms with Crippen molar-refractivity contribution >= 4 is 17.7 Å². The van der Waals surface area contributed by atoms with Gasteiger partial charge in [0, 0.05) is 6.54 Å². The van der Waals surface area contributed by atoms with Gasteiger partial charge in [-0.2, -0.15) is 5.10 Å². The van der Waals surface area contributed by atoms with E-state index >= 15 is 0 Å². The van der Waals surface area contributed by atoms with Gasteiger partial charge in [-0.3, -0.25) is 4.79 Å². The fourth-order valence-corrected chi connectivity index (χ4v) is 2.51. The van der Waals surface area contributed by atoms with Crippen LogP contribution in [-0.2, 0) is 4.74 Å². The monoisotopic (exact) mass is 417 g/mol. The first-order valence-corrected chi connectivity index (χ1v) is 9.50. The molecule has 2 aromatic carbocycles. The molecule has 2 N–H and O–H groups in total. The summed E-state index contributed by atoms with van der Waals surface area (Å²) in [6.07, 6.45) is 0.429. The number of carbonyl (C=O) groups excluding carboxylic acids is 2. The highest BCUT2D eigenvalue weighted by Crippen LogP contribution is 2.11. The summed E-state index contributed by atoms with van der Waals surface area (Å²) in [6.45, 7) is 5.66. The van der Waals surface area contributed by atoms with E-state index in [2.05, 4.69) is 15.8 Å². The second kappa shape index (κ2) is 10.5. The van der Waals surface area contributed by atoms with E-state index in [1.165, 1.54) is 0 Å². The average molecular weight is 417 g/mol. The number of halogens is 2. The Labute approximate surface area is 174 Å². The number of amides is 2. The van der Waals surface area contributed by atoms with E-state index in [-0.39, 0.29) is 0 Å². The van der Waals surface area contributed by atoms with Gasteiger partial charge in [0.1, 0.15) is 17.2 Å². The largest absolute Gasteiger partial charge is 0.444 e. The molecule has 0 fully saturated rings. The van der Waals surface area contributed by atoms with Crippen molar-refractivity contribution in [2.75, 3.05) is 6.54 Å². The number of nitrogens with one attached hydrogen (secondary N) is 2. The third-order valence-electron chi connectivity index (χ3n) is 3.83. The maximum Gasteiger partial charge on any atom is 0.407 e. The van der Waals surface area contributed by atoms with Gasteiger partial charge in [-0.05, 0) is 57.4 Å². The van der Waals surface area contributed by atoms with Gasteiger partial charge in [0.2, 0.25) is 0 Å². The molecule has 6 nitrogen and oxygen atoms in total. The molecule has 2 amide bonds. The molecule has 160 valence electrons. The van der Waals surface area contributed by atoms with Gasteiger partial charge >= 0.3 is 6.09 Å². The third-order valence-corrected chi connectivity index (χ3v) is 3.83. The molecule has 0 aliphatic carbocycles. The van der Waals surface area contributed by atoms with Gasteiger partial charge in [0.05, 0.1) is 11.3 Å². The molecule has 0 spiro atoms. The van der Waals surface area contributed by atoms with Crippen LogP contribution in [0.25, 0.3) is 0 Å². The lowest BCUT2D eigenvalue weighted by Crippen LogP contribution is -2.33. The third kappa shape index (κ3) is 7.62. The predicted octanol–water partition coefficient (Wildman–Crippen LogP) is 4.40. The van der Waals surface area contributed by atoms with Crippen molar-refractivity contribution in [1.29, 1.82) is 0 Å². The SMILES string of the molecule is CC(C)(C)OC(=O)NCCCC(=NNC(=O)c1cc(F)ccc1F)c1ccccc1. The zero-order valence-electron chi connectivity index (χ0n) is 17.2. The molecule has 2 aromatic rings. The van der Waals surface area contributed by atoms with E-state index in [4.69, 9.17) is 4.74 Å². The molecule has 0 aliphatic rings. The first kappa shape index (κ1) is 23.0. The molecule has 30 heavy (non-hydrogen) atoms. The molecule has 0 bridgehead atoms. The van der Waals surface area contributed by atoms with Crippen molar-refractivity contribution in [2.45, 2.75) is 39.2 Å². The van der Waals surface area contributed by atoms with Gasteiger partial charge in [-0.25, -0.2) is 19.0 Å². The summed E-state index contributed by atoms with van der Waals surface area (Å²) in [6, 6.07) is 11.7. The summed E-state index contributed by atoms with van der Waals surface area (Å²) >= 11 is 0. The molecule has 0 atom stereocenters. The number of hydrogen-bond donors (Lipinski definition) is 2. The van der Waals surface area contributed by atoms with Crippen molar-refractivity contribution in [3.8, 4) is 0 Å². The Bertz CT molecular complexity index is 910. The van der Waals surface area contributed by atoms with Crippen molar-refractivity contribution in [3.63, 3.8) is 0 Å². The Morgan fingerprint density at radius 2 is 1.77 bits per heavy atom. The Hall–Kier alpha value is -3.29. The van der Waals surface area contributed by atoms with Gasteiger partial charge < -0.3 is 10.1 Å². The molecule has 0 saturated heterocycles. The highest BCUT2D eigenvalue weighted by molar-refractivity contribution is 6.02. The summed E-state index contributed by atoms with van der Waals surface area (Å²) in [4.78, 5) is 23.9. The minimum atomic E-state index is -0.854. The van der Waals surface area contributed by atoms with E-state index in [0.717, 1.165) is 23.8 Å². The predicted molar refractivity (Wildman–Crippen MR) is 110 cm³/mol. The maximum atomic E-state index is 13.8. The van der Waals surface area contributed by atoms with Crippen LogP contribution in [0.1, 0.15) is 49.5 Å². The Balaban J connectivity index is 2.02. The average Bonchev–Trinajstić information content (AvgIpc) is 2.68. The first-order valence-electron chi connectivity index (χ1n) is 9.50. The number of alkyl carbamates (subject to hydrolysis) is 1. The maximum absolute atomic E-state index is 13.8. The van der Waals surface area contributed by atoms with Crippen LogP contribution in [0.3, 0.4) is 0 Å². The Morgan fingerprint density at radius 1 is 1.07 bits per heavy atom. The highest BCUT2D eigenvalue weighted by atomic mass is 19.1. The summed E-state index contributed by atoms with van der Waals surface area (Å²) < 4.78 is 32.3. The fourth-order valence-electron chi connectivity index (χ4n) is 2.51. The fraction of sp³-hybridized carbons (Fsp3) is 0.318. The van der Waals surface area contributed by atoms with Crippen LogP contribution in [0.2, 0.25) is 0 Å². The van der Waals surface area contributed by atoms with Crippen LogP contribution in [0.15, 0.2) is 53.6 Å². The van der Waals surface area contributed by atoms with Crippen molar-refractivity contribution in [1.82, 2.24) is 10.7 Å². The molecule has 0 aliphatic heterocycles.